The molecule has 0 saturated heterocycles. The van der Waals surface area contributed by atoms with Crippen LogP contribution in [0.15, 0.2) is 24.4 Å². The van der Waals surface area contributed by atoms with Crippen LogP contribution in [0, 0.1) is 6.92 Å². The summed E-state index contributed by atoms with van der Waals surface area (Å²) >= 11 is 0. The Morgan fingerprint density at radius 1 is 1.06 bits per heavy atom. The lowest BCUT2D eigenvalue weighted by atomic mass is 10.2. The van der Waals surface area contributed by atoms with Gasteiger partial charge in [0.1, 0.15) is 17.3 Å². The van der Waals surface area contributed by atoms with Crippen LogP contribution in [-0.4, -0.2) is 24.2 Å². The lowest BCUT2D eigenvalue weighted by molar-refractivity contribution is 0.394. The zero-order chi connectivity index (χ0) is 11.5. The van der Waals surface area contributed by atoms with E-state index in [1.165, 1.54) is 0 Å². The minimum atomic E-state index is 0.753. The molecule has 2 aromatic rings. The van der Waals surface area contributed by atoms with E-state index in [1.54, 1.807) is 20.4 Å². The predicted octanol–water partition coefficient (Wildman–Crippen LogP) is 2.40. The number of ether oxygens (including phenoxy) is 2. The number of nitrogens with zero attached hydrogens (tertiary/aromatic N) is 1. The molecule has 0 atom stereocenters. The summed E-state index contributed by atoms with van der Waals surface area (Å²) in [5.74, 6) is 2.32. The second-order valence-corrected chi connectivity index (χ2v) is 3.52. The summed E-state index contributed by atoms with van der Waals surface area (Å²) in [6, 6.07) is 5.67. The third-order valence-corrected chi connectivity index (χ3v) is 2.33. The van der Waals surface area contributed by atoms with Crippen molar-refractivity contribution in [2.75, 3.05) is 14.2 Å². The van der Waals surface area contributed by atoms with Crippen molar-refractivity contribution < 1.29 is 9.47 Å². The van der Waals surface area contributed by atoms with E-state index in [-0.39, 0.29) is 0 Å². The van der Waals surface area contributed by atoms with Crippen molar-refractivity contribution in [1.82, 2.24) is 9.97 Å². The highest BCUT2D eigenvalue weighted by molar-refractivity contribution is 5.61. The Kier molecular flexibility index (Phi) is 2.81. The van der Waals surface area contributed by atoms with Crippen molar-refractivity contribution in [1.29, 1.82) is 0 Å². The van der Waals surface area contributed by atoms with E-state index in [1.807, 2.05) is 25.1 Å². The number of aromatic amines is 1. The summed E-state index contributed by atoms with van der Waals surface area (Å²) in [5, 5.41) is 0. The molecule has 0 bridgehead atoms. The van der Waals surface area contributed by atoms with Crippen LogP contribution < -0.4 is 9.47 Å². The van der Waals surface area contributed by atoms with Gasteiger partial charge in [-0.15, -0.1) is 0 Å². The number of hydrogen-bond donors (Lipinski definition) is 1. The summed E-state index contributed by atoms with van der Waals surface area (Å²) in [7, 11) is 3.26. The molecule has 4 heteroatoms. The average Bonchev–Trinajstić information content (AvgIpc) is 2.75. The summed E-state index contributed by atoms with van der Waals surface area (Å²) in [4.78, 5) is 7.44. The van der Waals surface area contributed by atoms with E-state index in [9.17, 15) is 0 Å². The fourth-order valence-electron chi connectivity index (χ4n) is 1.50. The zero-order valence-electron chi connectivity index (χ0n) is 9.57. The SMILES string of the molecule is COc1cc(OC)cc(-c2ncc(C)[nH]2)c1. The number of nitrogens with one attached hydrogen (secondary N) is 1. The second kappa shape index (κ2) is 4.26. The van der Waals surface area contributed by atoms with Crippen LogP contribution in [0.4, 0.5) is 0 Å². The Balaban J connectivity index is 2.47. The summed E-state index contributed by atoms with van der Waals surface area (Å²) in [5.41, 5.74) is 1.97. The quantitative estimate of drug-likeness (QED) is 0.860. The molecule has 0 fully saturated rings. The molecule has 1 aromatic heterocycles. The highest BCUT2D eigenvalue weighted by Gasteiger charge is 2.06. The molecule has 0 aliphatic rings. The Hall–Kier alpha value is -1.97. The summed E-state index contributed by atoms with van der Waals surface area (Å²) in [6.07, 6.45) is 1.79. The highest BCUT2D eigenvalue weighted by Crippen LogP contribution is 2.27. The second-order valence-electron chi connectivity index (χ2n) is 3.52. The Bertz CT molecular complexity index is 469. The average molecular weight is 218 g/mol. The van der Waals surface area contributed by atoms with Crippen LogP contribution in [0.2, 0.25) is 0 Å². The molecule has 0 unspecified atom stereocenters. The first kappa shape index (κ1) is 10.5. The molecule has 1 N–H and O–H groups in total. The highest BCUT2D eigenvalue weighted by atomic mass is 16.5. The molecule has 0 saturated carbocycles. The number of benzene rings is 1. The van der Waals surface area contributed by atoms with Crippen molar-refractivity contribution in [3.8, 4) is 22.9 Å². The molecule has 4 nitrogen and oxygen atoms in total. The van der Waals surface area contributed by atoms with E-state index in [2.05, 4.69) is 9.97 Å². The van der Waals surface area contributed by atoms with Crippen molar-refractivity contribution in [3.05, 3.63) is 30.1 Å². The van der Waals surface area contributed by atoms with E-state index >= 15 is 0 Å². The lowest BCUT2D eigenvalue weighted by Gasteiger charge is -2.06. The van der Waals surface area contributed by atoms with Crippen LogP contribution in [0.5, 0.6) is 11.5 Å². The molecule has 0 aliphatic heterocycles. The maximum Gasteiger partial charge on any atom is 0.137 e. The van der Waals surface area contributed by atoms with Crippen LogP contribution >= 0.6 is 0 Å². The van der Waals surface area contributed by atoms with E-state index < -0.39 is 0 Å². The minimum Gasteiger partial charge on any atom is -0.497 e. The Labute approximate surface area is 94.2 Å². The zero-order valence-corrected chi connectivity index (χ0v) is 9.57. The molecule has 0 spiro atoms. The van der Waals surface area contributed by atoms with Gasteiger partial charge in [-0.05, 0) is 19.1 Å². The predicted molar refractivity (Wildman–Crippen MR) is 61.9 cm³/mol. The molecular formula is C12H14N2O2. The first-order valence-corrected chi connectivity index (χ1v) is 4.98. The number of imidazole rings is 1. The van der Waals surface area contributed by atoms with Gasteiger partial charge < -0.3 is 14.5 Å². The Morgan fingerprint density at radius 3 is 2.12 bits per heavy atom. The topological polar surface area (TPSA) is 47.1 Å². The first-order chi connectivity index (χ1) is 7.72. The molecule has 0 aliphatic carbocycles. The minimum absolute atomic E-state index is 0.753. The van der Waals surface area contributed by atoms with Crippen LogP contribution in [0.1, 0.15) is 5.69 Å². The van der Waals surface area contributed by atoms with Crippen molar-refractivity contribution in [3.63, 3.8) is 0 Å². The van der Waals surface area contributed by atoms with Gasteiger partial charge in [0.05, 0.1) is 14.2 Å². The first-order valence-electron chi connectivity index (χ1n) is 4.98. The van der Waals surface area contributed by atoms with Crippen LogP contribution in [0.25, 0.3) is 11.4 Å². The summed E-state index contributed by atoms with van der Waals surface area (Å²) < 4.78 is 10.4. The summed E-state index contributed by atoms with van der Waals surface area (Å²) in [6.45, 7) is 1.97. The molecule has 2 rings (SSSR count). The fourth-order valence-corrected chi connectivity index (χ4v) is 1.50. The maximum atomic E-state index is 5.20. The molecule has 0 amide bonds. The van der Waals surface area contributed by atoms with Gasteiger partial charge in [0.15, 0.2) is 0 Å². The van der Waals surface area contributed by atoms with Gasteiger partial charge in [-0.3, -0.25) is 0 Å². The van der Waals surface area contributed by atoms with Gasteiger partial charge in [-0.1, -0.05) is 0 Å². The van der Waals surface area contributed by atoms with Gasteiger partial charge in [0, 0.05) is 23.5 Å². The number of methoxy groups -OCH3 is 2. The smallest absolute Gasteiger partial charge is 0.137 e. The van der Waals surface area contributed by atoms with Gasteiger partial charge in [-0.25, -0.2) is 4.98 Å². The Morgan fingerprint density at radius 2 is 1.69 bits per heavy atom. The van der Waals surface area contributed by atoms with Crippen molar-refractivity contribution in [2.24, 2.45) is 0 Å². The number of aromatic nitrogens is 2. The van der Waals surface area contributed by atoms with Crippen LogP contribution in [-0.2, 0) is 0 Å². The molecule has 1 aromatic carbocycles. The normalized spacial score (nSPS) is 10.2. The molecule has 0 radical (unpaired) electrons. The van der Waals surface area contributed by atoms with Crippen molar-refractivity contribution in [2.45, 2.75) is 6.92 Å². The van der Waals surface area contributed by atoms with Gasteiger partial charge in [0.2, 0.25) is 0 Å². The largest absolute Gasteiger partial charge is 0.497 e. The van der Waals surface area contributed by atoms with Crippen LogP contribution in [0.3, 0.4) is 0 Å². The van der Waals surface area contributed by atoms with E-state index in [4.69, 9.17) is 9.47 Å². The molecular weight excluding hydrogens is 204 g/mol. The fraction of sp³-hybridized carbons (Fsp3) is 0.250. The number of H-pyrrole nitrogens is 1. The standard InChI is InChI=1S/C12H14N2O2/c1-8-7-13-12(14-8)9-4-10(15-2)6-11(5-9)16-3/h4-7H,1-3H3,(H,13,14). The number of hydrogen-bond acceptors (Lipinski definition) is 3. The third kappa shape index (κ3) is 2.00. The molecule has 84 valence electrons. The molecule has 16 heavy (non-hydrogen) atoms. The number of rotatable bonds is 3. The number of aryl methyl sites for hydroxylation is 1. The molecule has 1 heterocycles. The lowest BCUT2D eigenvalue weighted by Crippen LogP contribution is -1.89. The maximum absolute atomic E-state index is 5.20. The van der Waals surface area contributed by atoms with E-state index in [0.29, 0.717) is 0 Å². The third-order valence-electron chi connectivity index (χ3n) is 2.33. The van der Waals surface area contributed by atoms with Crippen molar-refractivity contribution >= 4 is 0 Å². The van der Waals surface area contributed by atoms with Gasteiger partial charge in [-0.2, -0.15) is 0 Å². The van der Waals surface area contributed by atoms with E-state index in [0.717, 1.165) is 28.6 Å². The van der Waals surface area contributed by atoms with Gasteiger partial charge >= 0.3 is 0 Å². The van der Waals surface area contributed by atoms with Gasteiger partial charge in [0.25, 0.3) is 0 Å². The monoisotopic (exact) mass is 218 g/mol.